The molecule has 0 aliphatic rings. The van der Waals surface area contributed by atoms with Gasteiger partial charge in [0.15, 0.2) is 6.10 Å². The molecule has 0 bridgehead atoms. The van der Waals surface area contributed by atoms with Gasteiger partial charge in [-0.15, -0.1) is 0 Å². The Kier molecular flexibility index (Phi) is 7.15. The maximum absolute atomic E-state index is 12.1. The summed E-state index contributed by atoms with van der Waals surface area (Å²) in [5.41, 5.74) is 0.845. The van der Waals surface area contributed by atoms with Crippen LogP contribution in [0.3, 0.4) is 0 Å². The molecule has 0 saturated carbocycles. The van der Waals surface area contributed by atoms with Gasteiger partial charge in [-0.25, -0.2) is 0 Å². The van der Waals surface area contributed by atoms with E-state index in [2.05, 4.69) is 12.2 Å². The first kappa shape index (κ1) is 15.7. The molecule has 0 aromatic heterocycles. The van der Waals surface area contributed by atoms with Crippen LogP contribution in [0.4, 0.5) is 0 Å². The van der Waals surface area contributed by atoms with Gasteiger partial charge in [0, 0.05) is 20.3 Å². The highest BCUT2D eigenvalue weighted by Crippen LogP contribution is 2.16. The van der Waals surface area contributed by atoms with E-state index in [0.717, 1.165) is 12.0 Å². The molecule has 0 radical (unpaired) electrons. The fraction of sp³-hybridized carbons (Fsp3) is 0.533. The van der Waals surface area contributed by atoms with Crippen molar-refractivity contribution in [3.8, 4) is 0 Å². The quantitative estimate of drug-likeness (QED) is 0.754. The van der Waals surface area contributed by atoms with Crippen molar-refractivity contribution in [1.29, 1.82) is 0 Å². The molecular formula is C15H23NO3. The zero-order valence-electron chi connectivity index (χ0n) is 11.6. The molecule has 2 unspecified atom stereocenters. The van der Waals surface area contributed by atoms with Crippen LogP contribution in [-0.4, -0.2) is 31.3 Å². The number of rotatable bonds is 8. The van der Waals surface area contributed by atoms with Crippen molar-refractivity contribution in [2.24, 2.45) is 5.92 Å². The Balaban J connectivity index is 2.55. The zero-order valence-corrected chi connectivity index (χ0v) is 11.6. The number of hydrogen-bond donors (Lipinski definition) is 2. The van der Waals surface area contributed by atoms with Crippen LogP contribution >= 0.6 is 0 Å². The van der Waals surface area contributed by atoms with E-state index in [1.165, 1.54) is 7.11 Å². The molecule has 0 aliphatic carbocycles. The summed E-state index contributed by atoms with van der Waals surface area (Å²) in [5.74, 6) is 0.173. The van der Waals surface area contributed by atoms with Crippen LogP contribution in [0.5, 0.6) is 0 Å². The van der Waals surface area contributed by atoms with Gasteiger partial charge in [0.05, 0.1) is 0 Å². The molecule has 0 heterocycles. The van der Waals surface area contributed by atoms with Crippen molar-refractivity contribution >= 4 is 5.91 Å². The summed E-state index contributed by atoms with van der Waals surface area (Å²) in [6.45, 7) is 2.78. The van der Waals surface area contributed by atoms with Gasteiger partial charge in [-0.3, -0.25) is 4.79 Å². The van der Waals surface area contributed by atoms with Crippen molar-refractivity contribution in [2.75, 3.05) is 20.3 Å². The third-order valence-electron chi connectivity index (χ3n) is 3.26. The van der Waals surface area contributed by atoms with E-state index in [1.54, 1.807) is 0 Å². The minimum atomic E-state index is -0.576. The summed E-state index contributed by atoms with van der Waals surface area (Å²) in [6.07, 6.45) is 1.07. The summed E-state index contributed by atoms with van der Waals surface area (Å²) in [6, 6.07) is 9.42. The van der Waals surface area contributed by atoms with Gasteiger partial charge in [-0.1, -0.05) is 43.7 Å². The Morgan fingerprint density at radius 1 is 1.37 bits per heavy atom. The lowest BCUT2D eigenvalue weighted by Crippen LogP contribution is -2.34. The third-order valence-corrected chi connectivity index (χ3v) is 3.26. The molecule has 2 atom stereocenters. The molecule has 4 heteroatoms. The smallest absolute Gasteiger partial charge is 0.253 e. The molecule has 19 heavy (non-hydrogen) atoms. The number of ether oxygens (including phenoxy) is 1. The minimum absolute atomic E-state index is 0.134. The summed E-state index contributed by atoms with van der Waals surface area (Å²) < 4.78 is 5.26. The summed E-state index contributed by atoms with van der Waals surface area (Å²) in [5, 5.41) is 11.8. The topological polar surface area (TPSA) is 58.6 Å². The van der Waals surface area contributed by atoms with E-state index in [4.69, 9.17) is 9.84 Å². The average molecular weight is 265 g/mol. The number of hydrogen-bond acceptors (Lipinski definition) is 3. The fourth-order valence-corrected chi connectivity index (χ4v) is 1.99. The standard InChI is InChI=1S/C15H23NO3/c1-3-12(9-10-17)11-16-15(18)14(19-2)13-7-5-4-6-8-13/h4-8,12,14,17H,3,9-11H2,1-2H3,(H,16,18). The summed E-state index contributed by atoms with van der Waals surface area (Å²) >= 11 is 0. The van der Waals surface area contributed by atoms with Crippen LogP contribution in [0.2, 0.25) is 0 Å². The van der Waals surface area contributed by atoms with Gasteiger partial charge in [-0.05, 0) is 17.9 Å². The predicted octanol–water partition coefficient (Wildman–Crippen LogP) is 1.90. The molecule has 0 spiro atoms. The molecule has 1 rings (SSSR count). The maximum atomic E-state index is 12.1. The second-order valence-electron chi connectivity index (χ2n) is 4.56. The molecule has 1 amide bonds. The third kappa shape index (κ3) is 5.01. The lowest BCUT2D eigenvalue weighted by molar-refractivity contribution is -0.131. The Morgan fingerprint density at radius 3 is 2.58 bits per heavy atom. The zero-order chi connectivity index (χ0) is 14.1. The Morgan fingerprint density at radius 2 is 2.05 bits per heavy atom. The first-order valence-electron chi connectivity index (χ1n) is 6.69. The van der Waals surface area contributed by atoms with Crippen molar-refractivity contribution < 1.29 is 14.6 Å². The van der Waals surface area contributed by atoms with E-state index in [1.807, 2.05) is 30.3 Å². The molecule has 2 N–H and O–H groups in total. The highest BCUT2D eigenvalue weighted by Gasteiger charge is 2.20. The number of nitrogens with one attached hydrogen (secondary N) is 1. The van der Waals surface area contributed by atoms with Crippen LogP contribution in [0.15, 0.2) is 30.3 Å². The van der Waals surface area contributed by atoms with Gasteiger partial charge < -0.3 is 15.2 Å². The minimum Gasteiger partial charge on any atom is -0.396 e. The molecule has 0 fully saturated rings. The number of aliphatic hydroxyl groups is 1. The van der Waals surface area contributed by atoms with E-state index < -0.39 is 6.10 Å². The first-order valence-corrected chi connectivity index (χ1v) is 6.69. The summed E-state index contributed by atoms with van der Waals surface area (Å²) in [4.78, 5) is 12.1. The largest absolute Gasteiger partial charge is 0.396 e. The molecule has 0 aliphatic heterocycles. The van der Waals surface area contributed by atoms with Crippen molar-refractivity contribution in [2.45, 2.75) is 25.9 Å². The van der Waals surface area contributed by atoms with E-state index >= 15 is 0 Å². The maximum Gasteiger partial charge on any atom is 0.253 e. The lowest BCUT2D eigenvalue weighted by Gasteiger charge is -2.19. The lowest BCUT2D eigenvalue weighted by atomic mass is 10.0. The molecule has 1 aromatic rings. The van der Waals surface area contributed by atoms with Crippen molar-refractivity contribution in [3.05, 3.63) is 35.9 Å². The van der Waals surface area contributed by atoms with Crippen LogP contribution in [0.25, 0.3) is 0 Å². The SMILES string of the molecule is CCC(CCO)CNC(=O)C(OC)c1ccccc1. The van der Waals surface area contributed by atoms with Crippen molar-refractivity contribution in [1.82, 2.24) is 5.32 Å². The normalized spacial score (nSPS) is 13.8. The van der Waals surface area contributed by atoms with Gasteiger partial charge >= 0.3 is 0 Å². The monoisotopic (exact) mass is 265 g/mol. The molecule has 1 aromatic carbocycles. The highest BCUT2D eigenvalue weighted by atomic mass is 16.5. The molecule has 4 nitrogen and oxygen atoms in total. The van der Waals surface area contributed by atoms with Crippen LogP contribution in [0, 0.1) is 5.92 Å². The second kappa shape index (κ2) is 8.67. The van der Waals surface area contributed by atoms with Crippen molar-refractivity contribution in [3.63, 3.8) is 0 Å². The molecule has 106 valence electrons. The Hall–Kier alpha value is -1.39. The number of benzene rings is 1. The van der Waals surface area contributed by atoms with Gasteiger partial charge in [0.25, 0.3) is 5.91 Å². The van der Waals surface area contributed by atoms with Gasteiger partial charge in [-0.2, -0.15) is 0 Å². The first-order chi connectivity index (χ1) is 9.22. The molecular weight excluding hydrogens is 242 g/mol. The van der Waals surface area contributed by atoms with E-state index in [9.17, 15) is 4.79 Å². The number of methoxy groups -OCH3 is 1. The van der Waals surface area contributed by atoms with Gasteiger partial charge in [0.1, 0.15) is 0 Å². The summed E-state index contributed by atoms with van der Waals surface area (Å²) in [7, 11) is 1.53. The van der Waals surface area contributed by atoms with Crippen LogP contribution in [-0.2, 0) is 9.53 Å². The Bertz CT molecular complexity index is 367. The van der Waals surface area contributed by atoms with E-state index in [-0.39, 0.29) is 12.5 Å². The average Bonchev–Trinajstić information content (AvgIpc) is 2.45. The molecule has 0 saturated heterocycles. The van der Waals surface area contributed by atoms with Gasteiger partial charge in [0.2, 0.25) is 0 Å². The highest BCUT2D eigenvalue weighted by molar-refractivity contribution is 5.82. The van der Waals surface area contributed by atoms with E-state index in [0.29, 0.717) is 18.9 Å². The number of aliphatic hydroxyl groups excluding tert-OH is 1. The predicted molar refractivity (Wildman–Crippen MR) is 74.7 cm³/mol. The second-order valence-corrected chi connectivity index (χ2v) is 4.56. The Labute approximate surface area is 114 Å². The fourth-order valence-electron chi connectivity index (χ4n) is 1.99. The number of carbonyl (C=O) groups is 1. The van der Waals surface area contributed by atoms with Crippen LogP contribution in [0.1, 0.15) is 31.4 Å². The van der Waals surface area contributed by atoms with Crippen LogP contribution < -0.4 is 5.32 Å². The number of amides is 1. The number of carbonyl (C=O) groups excluding carboxylic acids is 1.